The van der Waals surface area contributed by atoms with Crippen molar-refractivity contribution < 1.29 is 0 Å². The number of nitrogens with zero attached hydrogens (tertiary/aromatic N) is 1. The average Bonchev–Trinajstić information content (AvgIpc) is 3.03. The van der Waals surface area contributed by atoms with Crippen LogP contribution in [0.2, 0.25) is 0 Å². The number of aromatic amines is 1. The van der Waals surface area contributed by atoms with Gasteiger partial charge in [-0.3, -0.25) is 5.10 Å². The highest BCUT2D eigenvalue weighted by Crippen LogP contribution is 2.49. The van der Waals surface area contributed by atoms with Gasteiger partial charge < -0.3 is 0 Å². The molecule has 2 fully saturated rings. The monoisotopic (exact) mass is 176 g/mol. The molecule has 2 nitrogen and oxygen atoms in total. The normalized spacial score (nSPS) is 24.6. The molecule has 2 saturated carbocycles. The van der Waals surface area contributed by atoms with E-state index in [0.717, 1.165) is 17.8 Å². The standard InChI is InChI=1S/C11H16N2/c1-2-8(1)7-10(9-3-4-9)11-5-6-12-13-11/h5-6,8-10H,1-4,7H2,(H,12,13). The maximum Gasteiger partial charge on any atom is 0.0490 e. The number of hydrogen-bond donors (Lipinski definition) is 1. The lowest BCUT2D eigenvalue weighted by Gasteiger charge is -2.13. The van der Waals surface area contributed by atoms with Gasteiger partial charge in [0.15, 0.2) is 0 Å². The molecule has 13 heavy (non-hydrogen) atoms. The molecule has 0 radical (unpaired) electrons. The van der Waals surface area contributed by atoms with E-state index in [1.165, 1.54) is 37.8 Å². The van der Waals surface area contributed by atoms with Crippen molar-refractivity contribution in [3.8, 4) is 0 Å². The zero-order valence-electron chi connectivity index (χ0n) is 7.87. The molecular formula is C11H16N2. The SMILES string of the molecule is c1cc(C(CC2CC2)C2CC2)[nH]n1. The maximum atomic E-state index is 4.06. The molecule has 0 bridgehead atoms. The molecule has 2 aliphatic carbocycles. The molecule has 0 spiro atoms. The van der Waals surface area contributed by atoms with E-state index < -0.39 is 0 Å². The van der Waals surface area contributed by atoms with Gasteiger partial charge in [0.1, 0.15) is 0 Å². The Morgan fingerprint density at radius 1 is 1.38 bits per heavy atom. The van der Waals surface area contributed by atoms with Crippen molar-refractivity contribution in [2.24, 2.45) is 11.8 Å². The molecule has 0 aliphatic heterocycles. The summed E-state index contributed by atoms with van der Waals surface area (Å²) in [5.74, 6) is 2.81. The summed E-state index contributed by atoms with van der Waals surface area (Å²) < 4.78 is 0. The van der Waals surface area contributed by atoms with Crippen LogP contribution in [0.3, 0.4) is 0 Å². The van der Waals surface area contributed by atoms with Crippen LogP contribution in [-0.4, -0.2) is 10.2 Å². The molecule has 1 aromatic heterocycles. The Kier molecular flexibility index (Phi) is 1.67. The lowest BCUT2D eigenvalue weighted by molar-refractivity contribution is 0.509. The molecule has 0 aromatic carbocycles. The van der Waals surface area contributed by atoms with Crippen LogP contribution in [0.1, 0.15) is 43.7 Å². The van der Waals surface area contributed by atoms with Crippen molar-refractivity contribution in [3.63, 3.8) is 0 Å². The van der Waals surface area contributed by atoms with Gasteiger partial charge in [-0.2, -0.15) is 5.10 Å². The molecule has 1 unspecified atom stereocenters. The first-order chi connectivity index (χ1) is 6.43. The number of rotatable bonds is 4. The highest BCUT2D eigenvalue weighted by atomic mass is 15.1. The fourth-order valence-corrected chi connectivity index (χ4v) is 2.26. The van der Waals surface area contributed by atoms with Crippen molar-refractivity contribution in [2.45, 2.75) is 38.0 Å². The minimum absolute atomic E-state index is 0.801. The Bertz CT molecular complexity index is 270. The van der Waals surface area contributed by atoms with Crippen LogP contribution in [0, 0.1) is 11.8 Å². The maximum absolute atomic E-state index is 4.06. The molecular weight excluding hydrogens is 160 g/mol. The van der Waals surface area contributed by atoms with Gasteiger partial charge >= 0.3 is 0 Å². The Balaban J connectivity index is 1.73. The smallest absolute Gasteiger partial charge is 0.0490 e. The van der Waals surface area contributed by atoms with Gasteiger partial charge in [0.05, 0.1) is 0 Å². The third-order valence-corrected chi connectivity index (χ3v) is 3.40. The number of hydrogen-bond acceptors (Lipinski definition) is 1. The molecule has 2 heteroatoms. The molecule has 70 valence electrons. The van der Waals surface area contributed by atoms with E-state index in [9.17, 15) is 0 Å². The summed E-state index contributed by atoms with van der Waals surface area (Å²) in [6, 6.07) is 2.16. The van der Waals surface area contributed by atoms with E-state index in [4.69, 9.17) is 0 Å². The fraction of sp³-hybridized carbons (Fsp3) is 0.727. The second-order valence-electron chi connectivity index (χ2n) is 4.63. The van der Waals surface area contributed by atoms with E-state index >= 15 is 0 Å². The summed E-state index contributed by atoms with van der Waals surface area (Å²) in [6.45, 7) is 0. The van der Waals surface area contributed by atoms with Crippen molar-refractivity contribution in [3.05, 3.63) is 18.0 Å². The predicted molar refractivity (Wildman–Crippen MR) is 51.4 cm³/mol. The van der Waals surface area contributed by atoms with Gasteiger partial charge in [-0.15, -0.1) is 0 Å². The van der Waals surface area contributed by atoms with Gasteiger partial charge in [0.2, 0.25) is 0 Å². The second kappa shape index (κ2) is 2.86. The Morgan fingerprint density at radius 3 is 2.77 bits per heavy atom. The quantitative estimate of drug-likeness (QED) is 0.750. The van der Waals surface area contributed by atoms with Crippen LogP contribution in [0.5, 0.6) is 0 Å². The summed E-state index contributed by atoms with van der Waals surface area (Å²) in [6.07, 6.45) is 9.12. The Morgan fingerprint density at radius 2 is 2.23 bits per heavy atom. The highest BCUT2D eigenvalue weighted by molar-refractivity contribution is 5.11. The summed E-state index contributed by atoms with van der Waals surface area (Å²) in [7, 11) is 0. The van der Waals surface area contributed by atoms with Crippen molar-refractivity contribution in [1.29, 1.82) is 0 Å². The van der Waals surface area contributed by atoms with Gasteiger partial charge in [-0.25, -0.2) is 0 Å². The number of aromatic nitrogens is 2. The van der Waals surface area contributed by atoms with Gasteiger partial charge in [-0.05, 0) is 37.2 Å². The van der Waals surface area contributed by atoms with E-state index in [0.29, 0.717) is 0 Å². The first kappa shape index (κ1) is 7.60. The molecule has 0 saturated heterocycles. The predicted octanol–water partition coefficient (Wildman–Crippen LogP) is 2.70. The molecule has 3 rings (SSSR count). The van der Waals surface area contributed by atoms with Gasteiger partial charge in [0.25, 0.3) is 0 Å². The van der Waals surface area contributed by atoms with Crippen LogP contribution in [0.4, 0.5) is 0 Å². The van der Waals surface area contributed by atoms with Gasteiger partial charge in [0, 0.05) is 17.8 Å². The minimum atomic E-state index is 0.801. The summed E-state index contributed by atoms with van der Waals surface area (Å²) in [5, 5.41) is 7.20. The van der Waals surface area contributed by atoms with Crippen LogP contribution < -0.4 is 0 Å². The molecule has 1 aromatic rings. The number of nitrogens with one attached hydrogen (secondary N) is 1. The lowest BCUT2D eigenvalue weighted by Crippen LogP contribution is -2.03. The minimum Gasteiger partial charge on any atom is -0.282 e. The van der Waals surface area contributed by atoms with Crippen LogP contribution in [0.15, 0.2) is 12.3 Å². The molecule has 1 heterocycles. The van der Waals surface area contributed by atoms with Gasteiger partial charge in [-0.1, -0.05) is 12.8 Å². The van der Waals surface area contributed by atoms with E-state index in [2.05, 4.69) is 16.3 Å². The first-order valence-electron chi connectivity index (χ1n) is 5.43. The van der Waals surface area contributed by atoms with Crippen molar-refractivity contribution >= 4 is 0 Å². The highest BCUT2D eigenvalue weighted by Gasteiger charge is 2.36. The Hall–Kier alpha value is -0.790. The van der Waals surface area contributed by atoms with E-state index in [1.807, 2.05) is 6.20 Å². The average molecular weight is 176 g/mol. The summed E-state index contributed by atoms with van der Waals surface area (Å²) in [4.78, 5) is 0. The van der Waals surface area contributed by atoms with E-state index in [-0.39, 0.29) is 0 Å². The fourth-order valence-electron chi connectivity index (χ4n) is 2.26. The molecule has 1 atom stereocenters. The zero-order valence-corrected chi connectivity index (χ0v) is 7.87. The lowest BCUT2D eigenvalue weighted by atomic mass is 9.93. The summed E-state index contributed by atoms with van der Waals surface area (Å²) in [5.41, 5.74) is 1.38. The molecule has 1 N–H and O–H groups in total. The van der Waals surface area contributed by atoms with Crippen molar-refractivity contribution in [1.82, 2.24) is 10.2 Å². The van der Waals surface area contributed by atoms with Crippen LogP contribution in [0.25, 0.3) is 0 Å². The van der Waals surface area contributed by atoms with Crippen LogP contribution >= 0.6 is 0 Å². The van der Waals surface area contributed by atoms with Crippen LogP contribution in [-0.2, 0) is 0 Å². The third kappa shape index (κ3) is 1.62. The summed E-state index contributed by atoms with van der Waals surface area (Å²) >= 11 is 0. The first-order valence-corrected chi connectivity index (χ1v) is 5.43. The largest absolute Gasteiger partial charge is 0.282 e. The zero-order chi connectivity index (χ0) is 8.67. The Labute approximate surface area is 78.7 Å². The number of H-pyrrole nitrogens is 1. The van der Waals surface area contributed by atoms with Crippen molar-refractivity contribution in [2.75, 3.05) is 0 Å². The molecule has 2 aliphatic rings. The molecule has 0 amide bonds. The van der Waals surface area contributed by atoms with E-state index in [1.54, 1.807) is 0 Å². The second-order valence-corrected chi connectivity index (χ2v) is 4.63. The third-order valence-electron chi connectivity index (χ3n) is 3.40. The topological polar surface area (TPSA) is 28.7 Å².